The number of nitrogens with zero attached hydrogens (tertiary/aromatic N) is 2. The average molecular weight is 660 g/mol. The van der Waals surface area contributed by atoms with Gasteiger partial charge in [0.15, 0.2) is 0 Å². The zero-order chi connectivity index (χ0) is 30.5. The van der Waals surface area contributed by atoms with E-state index in [1.165, 1.54) is 22.7 Å². The Morgan fingerprint density at radius 3 is 1.43 bits per heavy atom. The number of rotatable bonds is 11. The minimum Gasteiger partial charge on any atom is -0.352 e. The Balaban J connectivity index is 0.994. The van der Waals surface area contributed by atoms with Crippen molar-refractivity contribution in [3.05, 3.63) is 105 Å². The average Bonchev–Trinajstić information content (AvgIpc) is 3.69. The van der Waals surface area contributed by atoms with E-state index in [2.05, 4.69) is 10.6 Å². The normalized spacial score (nSPS) is 11.2. The smallest absolute Gasteiger partial charge is 0.252 e. The Bertz CT molecular complexity index is 1830. The molecule has 6 aromatic rings. The van der Waals surface area contributed by atoms with Gasteiger partial charge in [-0.05, 0) is 61.4 Å². The summed E-state index contributed by atoms with van der Waals surface area (Å²) in [6, 6.07) is 26.5. The van der Waals surface area contributed by atoms with Crippen LogP contribution in [0.4, 0.5) is 0 Å². The topological polar surface area (TPSA) is 84.0 Å². The lowest BCUT2D eigenvalue weighted by atomic mass is 10.1. The van der Waals surface area contributed by atoms with E-state index in [9.17, 15) is 9.59 Å². The van der Waals surface area contributed by atoms with Crippen molar-refractivity contribution in [2.75, 3.05) is 13.1 Å². The zero-order valence-electron chi connectivity index (χ0n) is 23.6. The lowest BCUT2D eigenvalue weighted by Crippen LogP contribution is -2.25. The molecule has 0 saturated carbocycles. The Kier molecular flexibility index (Phi) is 9.52. The van der Waals surface area contributed by atoms with Gasteiger partial charge in [-0.3, -0.25) is 9.59 Å². The summed E-state index contributed by atoms with van der Waals surface area (Å²) in [5, 5.41) is 7.78. The van der Waals surface area contributed by atoms with E-state index in [1.54, 1.807) is 0 Å². The first-order valence-corrected chi connectivity index (χ1v) is 16.7. The highest BCUT2D eigenvalue weighted by atomic mass is 35.5. The maximum absolute atomic E-state index is 13.2. The Labute approximate surface area is 273 Å². The summed E-state index contributed by atoms with van der Waals surface area (Å²) in [7, 11) is 0. The molecule has 0 saturated heterocycles. The van der Waals surface area contributed by atoms with E-state index in [0.717, 1.165) is 68.6 Å². The van der Waals surface area contributed by atoms with Crippen molar-refractivity contribution in [2.45, 2.75) is 25.7 Å². The van der Waals surface area contributed by atoms with Crippen LogP contribution >= 0.6 is 45.9 Å². The number of aromatic nitrogens is 2. The summed E-state index contributed by atoms with van der Waals surface area (Å²) < 4.78 is 1.36. The van der Waals surface area contributed by atoms with Crippen molar-refractivity contribution in [3.8, 4) is 21.1 Å². The molecular formula is C34H28Cl2N4O2S2. The number of pyridine rings is 2. The highest BCUT2D eigenvalue weighted by Gasteiger charge is 2.16. The van der Waals surface area contributed by atoms with Gasteiger partial charge in [0.25, 0.3) is 11.8 Å². The molecule has 0 spiro atoms. The van der Waals surface area contributed by atoms with Crippen LogP contribution in [0.25, 0.3) is 42.9 Å². The lowest BCUT2D eigenvalue weighted by molar-refractivity contribution is 0.0945. The molecule has 6 nitrogen and oxygen atoms in total. The molecule has 0 bridgehead atoms. The second-order valence-electron chi connectivity index (χ2n) is 10.3. The minimum atomic E-state index is -0.117. The molecule has 0 atom stereocenters. The standard InChI is InChI=1S/C34H28Cl2N4O2S2/c35-31-15-13-29(43-31)27-19-23(21-9-3-5-11-25(21)39-27)33(41)37-17-7-1-2-8-18-38-34(42)24-20-28(30-14-16-32(36)44-30)40-26-12-6-4-10-22(24)26/h3-6,9-16,19-20H,1-2,7-8,17-18H2,(H,37,41)(H,38,42). The van der Waals surface area contributed by atoms with Gasteiger partial charge in [-0.15, -0.1) is 22.7 Å². The van der Waals surface area contributed by atoms with Crippen molar-refractivity contribution >= 4 is 79.5 Å². The number of hydrogen-bond acceptors (Lipinski definition) is 6. The summed E-state index contributed by atoms with van der Waals surface area (Å²) in [5.41, 5.74) is 4.22. The first-order valence-electron chi connectivity index (χ1n) is 14.3. The van der Waals surface area contributed by atoms with Crippen LogP contribution in [0.2, 0.25) is 8.67 Å². The Morgan fingerprint density at radius 2 is 1.02 bits per heavy atom. The van der Waals surface area contributed by atoms with Gasteiger partial charge >= 0.3 is 0 Å². The zero-order valence-corrected chi connectivity index (χ0v) is 26.8. The number of nitrogens with one attached hydrogen (secondary N) is 2. The molecule has 44 heavy (non-hydrogen) atoms. The molecule has 0 aliphatic carbocycles. The van der Waals surface area contributed by atoms with Crippen LogP contribution in [-0.2, 0) is 0 Å². The third-order valence-corrected chi connectivity index (χ3v) is 9.75. The molecule has 0 aliphatic rings. The maximum Gasteiger partial charge on any atom is 0.252 e. The van der Waals surface area contributed by atoms with E-state index >= 15 is 0 Å². The highest BCUT2D eigenvalue weighted by Crippen LogP contribution is 2.33. The molecule has 0 fully saturated rings. The van der Waals surface area contributed by atoms with Gasteiger partial charge in [-0.1, -0.05) is 72.4 Å². The number of halogens is 2. The van der Waals surface area contributed by atoms with E-state index in [4.69, 9.17) is 33.2 Å². The highest BCUT2D eigenvalue weighted by molar-refractivity contribution is 7.19. The van der Waals surface area contributed by atoms with Gasteiger partial charge in [0.1, 0.15) is 0 Å². The SMILES string of the molecule is O=C(NCCCCCCNC(=O)c1cc(-c2ccc(Cl)s2)nc2ccccc12)c1cc(-c2ccc(Cl)s2)nc2ccccc12. The number of para-hydroxylation sites is 2. The number of thiophene rings is 2. The number of carbonyl (C=O) groups excluding carboxylic acids is 2. The molecule has 0 aliphatic heterocycles. The van der Waals surface area contributed by atoms with Gasteiger partial charge in [0, 0.05) is 23.9 Å². The van der Waals surface area contributed by atoms with Gasteiger partial charge in [-0.2, -0.15) is 0 Å². The summed E-state index contributed by atoms with van der Waals surface area (Å²) in [5.74, 6) is -0.234. The number of carbonyl (C=O) groups is 2. The fraction of sp³-hybridized carbons (Fsp3) is 0.176. The maximum atomic E-state index is 13.2. The van der Waals surface area contributed by atoms with Crippen LogP contribution in [0.1, 0.15) is 46.4 Å². The van der Waals surface area contributed by atoms with Gasteiger partial charge < -0.3 is 10.6 Å². The fourth-order valence-corrected chi connectivity index (χ4v) is 7.09. The van der Waals surface area contributed by atoms with Gasteiger partial charge in [-0.25, -0.2) is 9.97 Å². The summed E-state index contributed by atoms with van der Waals surface area (Å²) in [6.45, 7) is 1.14. The Hall–Kier alpha value is -3.82. The van der Waals surface area contributed by atoms with E-state index in [-0.39, 0.29) is 11.8 Å². The lowest BCUT2D eigenvalue weighted by Gasteiger charge is -2.11. The molecule has 6 rings (SSSR count). The molecule has 4 heterocycles. The molecule has 2 amide bonds. The van der Waals surface area contributed by atoms with Crippen molar-refractivity contribution < 1.29 is 9.59 Å². The number of amides is 2. The monoisotopic (exact) mass is 658 g/mol. The van der Waals surface area contributed by atoms with Crippen LogP contribution in [0.15, 0.2) is 84.9 Å². The molecule has 2 N–H and O–H groups in total. The van der Waals surface area contributed by atoms with Crippen molar-refractivity contribution in [3.63, 3.8) is 0 Å². The number of benzene rings is 2. The molecule has 0 radical (unpaired) electrons. The van der Waals surface area contributed by atoms with Gasteiger partial charge in [0.2, 0.25) is 0 Å². The summed E-state index contributed by atoms with van der Waals surface area (Å²) >= 11 is 15.2. The largest absolute Gasteiger partial charge is 0.352 e. The minimum absolute atomic E-state index is 0.117. The molecule has 4 aromatic heterocycles. The third kappa shape index (κ3) is 6.94. The number of unbranched alkanes of at least 4 members (excludes halogenated alkanes) is 3. The van der Waals surface area contributed by atoms with Crippen molar-refractivity contribution in [2.24, 2.45) is 0 Å². The fourth-order valence-electron chi connectivity index (χ4n) is 5.08. The predicted octanol–water partition coefficient (Wildman–Crippen LogP) is 9.27. The van der Waals surface area contributed by atoms with Crippen LogP contribution in [-0.4, -0.2) is 34.9 Å². The van der Waals surface area contributed by atoms with Crippen LogP contribution in [0, 0.1) is 0 Å². The number of fused-ring (bicyclic) bond motifs is 2. The van der Waals surface area contributed by atoms with Crippen molar-refractivity contribution in [1.82, 2.24) is 20.6 Å². The third-order valence-electron chi connectivity index (χ3n) is 7.25. The van der Waals surface area contributed by atoms with E-state index in [1.807, 2.05) is 84.9 Å². The molecular weight excluding hydrogens is 631 g/mol. The van der Waals surface area contributed by atoms with E-state index in [0.29, 0.717) is 32.9 Å². The first kappa shape index (κ1) is 30.2. The van der Waals surface area contributed by atoms with E-state index < -0.39 is 0 Å². The van der Waals surface area contributed by atoms with Crippen molar-refractivity contribution in [1.29, 1.82) is 0 Å². The molecule has 0 unspecified atom stereocenters. The summed E-state index contributed by atoms with van der Waals surface area (Å²) in [4.78, 5) is 37.7. The van der Waals surface area contributed by atoms with Crippen LogP contribution in [0.3, 0.4) is 0 Å². The van der Waals surface area contributed by atoms with Gasteiger partial charge in [0.05, 0.1) is 52.0 Å². The number of hydrogen-bond donors (Lipinski definition) is 2. The predicted molar refractivity (Wildman–Crippen MR) is 183 cm³/mol. The first-order chi connectivity index (χ1) is 21.5. The second kappa shape index (κ2) is 13.9. The molecule has 10 heteroatoms. The second-order valence-corrected chi connectivity index (χ2v) is 13.7. The summed E-state index contributed by atoms with van der Waals surface area (Å²) in [6.07, 6.45) is 3.57. The van der Waals surface area contributed by atoms with Crippen LogP contribution in [0.5, 0.6) is 0 Å². The quantitative estimate of drug-likeness (QED) is 0.136. The molecule has 222 valence electrons. The molecule has 2 aromatic carbocycles. The Morgan fingerprint density at radius 1 is 0.591 bits per heavy atom. The van der Waals surface area contributed by atoms with Crippen LogP contribution < -0.4 is 10.6 Å².